The van der Waals surface area contributed by atoms with Gasteiger partial charge in [-0.1, -0.05) is 27.7 Å². The third-order valence-corrected chi connectivity index (χ3v) is 6.60. The predicted octanol–water partition coefficient (Wildman–Crippen LogP) is 1.27. The Morgan fingerprint density at radius 2 is 1.64 bits per heavy atom. The number of sulfonamides is 1. The number of urea groups is 1. The summed E-state index contributed by atoms with van der Waals surface area (Å²) in [5.74, 6) is -0.554. The van der Waals surface area contributed by atoms with Crippen LogP contribution in [-0.4, -0.2) is 42.2 Å². The van der Waals surface area contributed by atoms with E-state index in [1.54, 1.807) is 7.05 Å². The Bertz CT molecular complexity index is 1060. The molecule has 1 aromatic carbocycles. The Labute approximate surface area is 220 Å². The number of hydrogen-bond acceptors (Lipinski definition) is 5. The zero-order valence-electron chi connectivity index (χ0n) is 22.0. The van der Waals surface area contributed by atoms with Crippen molar-refractivity contribution in [3.05, 3.63) is 40.8 Å². The van der Waals surface area contributed by atoms with Crippen LogP contribution in [0.1, 0.15) is 71.6 Å². The summed E-state index contributed by atoms with van der Waals surface area (Å²) < 4.78 is 43.2. The summed E-state index contributed by atoms with van der Waals surface area (Å²) in [5.41, 5.74) is 2.31. The average Bonchev–Trinajstić information content (AvgIpc) is 3.03. The van der Waals surface area contributed by atoms with Gasteiger partial charge < -0.3 is 6.74 Å². The maximum absolute atomic E-state index is 14.1. The van der Waals surface area contributed by atoms with E-state index >= 15 is 0 Å². The third kappa shape index (κ3) is 7.51. The van der Waals surface area contributed by atoms with E-state index in [9.17, 15) is 17.6 Å². The molecule has 0 saturated heterocycles. The molecular formula is C22H35FN5NaO3S. The van der Waals surface area contributed by atoms with E-state index in [1.165, 1.54) is 22.9 Å². The van der Waals surface area contributed by atoms with Crippen molar-refractivity contribution < 1.29 is 48.6 Å². The number of nitrogens with zero attached hydrogens (tertiary/aromatic N) is 3. The number of aryl methyl sites for hydroxylation is 1. The van der Waals surface area contributed by atoms with E-state index in [0.717, 1.165) is 0 Å². The fourth-order valence-corrected chi connectivity index (χ4v) is 4.13. The molecule has 33 heavy (non-hydrogen) atoms. The fourth-order valence-electron chi connectivity index (χ4n) is 3.21. The van der Waals surface area contributed by atoms with E-state index < -0.39 is 21.9 Å². The number of aromatic nitrogens is 2. The van der Waals surface area contributed by atoms with Gasteiger partial charge in [0.2, 0.25) is 0 Å². The molecule has 0 radical (unpaired) electrons. The van der Waals surface area contributed by atoms with Crippen molar-refractivity contribution in [3.8, 4) is 0 Å². The number of anilines is 1. The number of nitrogens with one attached hydrogen (secondary N) is 2. The summed E-state index contributed by atoms with van der Waals surface area (Å²) in [5, 5.41) is 6.45. The van der Waals surface area contributed by atoms with E-state index in [1.807, 2.05) is 58.2 Å². The second-order valence-corrected chi connectivity index (χ2v) is 10.6. The van der Waals surface area contributed by atoms with Crippen molar-refractivity contribution in [1.82, 2.24) is 19.4 Å². The first kappa shape index (κ1) is 29.6. The zero-order valence-corrected chi connectivity index (χ0v) is 23.8. The van der Waals surface area contributed by atoms with Crippen molar-refractivity contribution in [3.63, 3.8) is 0 Å². The first-order chi connectivity index (χ1) is 14.7. The van der Waals surface area contributed by atoms with E-state index in [4.69, 9.17) is 0 Å². The van der Waals surface area contributed by atoms with Crippen LogP contribution in [0.3, 0.4) is 0 Å². The Balaban J connectivity index is 0.00000544. The monoisotopic (exact) mass is 491 g/mol. The number of benzene rings is 1. The van der Waals surface area contributed by atoms with Crippen LogP contribution in [0.2, 0.25) is 0 Å². The first-order valence-electron chi connectivity index (χ1n) is 10.6. The number of halogens is 1. The molecule has 2 amide bonds. The zero-order chi connectivity index (χ0) is 24.4. The predicted molar refractivity (Wildman–Crippen MR) is 125 cm³/mol. The minimum Gasteiger partial charge on any atom is -1.00 e. The van der Waals surface area contributed by atoms with Gasteiger partial charge in [-0.2, -0.15) is 13.5 Å². The molecule has 0 aliphatic rings. The standard InChI is InChI=1S/C22H34FN5O3S.Na.H/c1-13(2)18-9-16(23)10-19(14(3)4)21(18)24-22(29)26-32(30,31)20-11-17(28(8)25-20)12-27(7)15(5)6;;/h9-11,13-15H,12H2,1-8H3,(H2,24,26,29);;/q;+1;-1. The summed E-state index contributed by atoms with van der Waals surface area (Å²) in [6, 6.07) is 3.51. The van der Waals surface area contributed by atoms with Gasteiger partial charge in [0.25, 0.3) is 10.0 Å². The Kier molecular flexibility index (Phi) is 10.6. The molecule has 0 unspecified atom stereocenters. The van der Waals surface area contributed by atoms with Crippen LogP contribution in [0, 0.1) is 5.82 Å². The summed E-state index contributed by atoms with van der Waals surface area (Å²) in [4.78, 5) is 14.7. The van der Waals surface area contributed by atoms with Crippen LogP contribution < -0.4 is 39.6 Å². The minimum atomic E-state index is -4.20. The quantitative estimate of drug-likeness (QED) is 0.543. The number of carbonyl (C=O) groups excluding carboxylic acids is 1. The van der Waals surface area contributed by atoms with Crippen molar-refractivity contribution in [1.29, 1.82) is 0 Å². The molecule has 180 valence electrons. The molecule has 0 fully saturated rings. The Morgan fingerprint density at radius 3 is 2.09 bits per heavy atom. The Morgan fingerprint density at radius 1 is 1.12 bits per heavy atom. The second-order valence-electron chi connectivity index (χ2n) is 8.93. The van der Waals surface area contributed by atoms with Crippen molar-refractivity contribution >= 4 is 21.7 Å². The summed E-state index contributed by atoms with van der Waals surface area (Å²) in [6.07, 6.45) is 0. The van der Waals surface area contributed by atoms with Gasteiger partial charge >= 0.3 is 35.6 Å². The van der Waals surface area contributed by atoms with E-state index in [0.29, 0.717) is 29.1 Å². The van der Waals surface area contributed by atoms with Gasteiger partial charge in [-0.25, -0.2) is 13.9 Å². The van der Waals surface area contributed by atoms with Crippen LogP contribution >= 0.6 is 0 Å². The van der Waals surface area contributed by atoms with Gasteiger partial charge in [0, 0.05) is 31.4 Å². The van der Waals surface area contributed by atoms with Crippen LogP contribution in [0.15, 0.2) is 23.2 Å². The van der Waals surface area contributed by atoms with E-state index in [2.05, 4.69) is 10.4 Å². The molecule has 0 saturated carbocycles. The van der Waals surface area contributed by atoms with Gasteiger partial charge in [-0.05, 0) is 56.0 Å². The van der Waals surface area contributed by atoms with Crippen molar-refractivity contribution in [2.45, 2.75) is 71.0 Å². The molecule has 1 aromatic heterocycles. The molecule has 8 nitrogen and oxygen atoms in total. The molecule has 11 heteroatoms. The van der Waals surface area contributed by atoms with Crippen molar-refractivity contribution in [2.24, 2.45) is 7.05 Å². The van der Waals surface area contributed by atoms with Gasteiger partial charge in [0.15, 0.2) is 5.03 Å². The van der Waals surface area contributed by atoms with Gasteiger partial charge in [0.1, 0.15) is 5.82 Å². The summed E-state index contributed by atoms with van der Waals surface area (Å²) >= 11 is 0. The molecule has 0 aliphatic carbocycles. The SMILES string of the molecule is CC(C)c1cc(F)cc(C(C)C)c1NC(=O)NS(=O)(=O)c1cc(CN(C)C(C)C)n(C)n1.[H-].[Na+]. The van der Waals surface area contributed by atoms with Crippen LogP contribution in [0.5, 0.6) is 0 Å². The third-order valence-electron chi connectivity index (χ3n) is 5.40. The maximum Gasteiger partial charge on any atom is 1.00 e. The van der Waals surface area contributed by atoms with E-state index in [-0.39, 0.29) is 53.9 Å². The smallest absolute Gasteiger partial charge is 1.00 e. The second kappa shape index (κ2) is 11.8. The molecular weight excluding hydrogens is 456 g/mol. The average molecular weight is 492 g/mol. The van der Waals surface area contributed by atoms with Crippen molar-refractivity contribution in [2.75, 3.05) is 12.4 Å². The summed E-state index contributed by atoms with van der Waals surface area (Å²) in [6.45, 7) is 12.1. The Hall–Kier alpha value is -1.46. The van der Waals surface area contributed by atoms with Crippen LogP contribution in [-0.2, 0) is 23.6 Å². The van der Waals surface area contributed by atoms with Gasteiger partial charge in [-0.15, -0.1) is 0 Å². The maximum atomic E-state index is 14.1. The molecule has 0 atom stereocenters. The number of rotatable bonds is 8. The largest absolute Gasteiger partial charge is 1.00 e. The topological polar surface area (TPSA) is 96.3 Å². The normalized spacial score (nSPS) is 11.9. The number of hydrogen-bond donors (Lipinski definition) is 2. The molecule has 2 aromatic rings. The fraction of sp³-hybridized carbons (Fsp3) is 0.545. The van der Waals surface area contributed by atoms with Crippen LogP contribution in [0.4, 0.5) is 14.9 Å². The molecule has 2 rings (SSSR count). The number of amides is 2. The van der Waals surface area contributed by atoms with Crippen LogP contribution in [0.25, 0.3) is 0 Å². The van der Waals surface area contributed by atoms with Gasteiger partial charge in [0.05, 0.1) is 5.69 Å². The van der Waals surface area contributed by atoms with Gasteiger partial charge in [-0.3, -0.25) is 9.58 Å². The first-order valence-corrected chi connectivity index (χ1v) is 12.1. The molecule has 2 N–H and O–H groups in total. The molecule has 0 spiro atoms. The molecule has 0 bridgehead atoms. The molecule has 1 heterocycles. The summed E-state index contributed by atoms with van der Waals surface area (Å²) in [7, 11) is -0.611. The minimum absolute atomic E-state index is 0. The molecule has 0 aliphatic heterocycles. The number of carbonyl (C=O) groups is 1.